The van der Waals surface area contributed by atoms with Crippen LogP contribution >= 0.6 is 0 Å². The van der Waals surface area contributed by atoms with Crippen LogP contribution in [0.1, 0.15) is 107 Å². The summed E-state index contributed by atoms with van der Waals surface area (Å²) < 4.78 is 38.9. The molecule has 4 aliphatic rings. The maximum atomic E-state index is 16.3. The SMILES string of the molecule is CC[Si](CC)(CC)O[C@H]1C[C@H]2OC[C@@]2(OC(C)=O)[C@H]2[C@H](OC(=O)c3ccccc3)[C@]3(O)C[C@H](OC(=O)[C@H](O)[C@@H](N[14C](=O)c4ccccc4)c4ccccc4)C(C)=C([C@@H](OC(C)=O)C(=O)[C@]12C)C3(C)C. The average molecular weight is 970 g/mol. The molecule has 16 heteroatoms. The summed E-state index contributed by atoms with van der Waals surface area (Å²) in [5.41, 5.74) is -6.44. The number of ketones is 1. The molecular weight excluding hydrogens is 905 g/mol. The van der Waals surface area contributed by atoms with Crippen molar-refractivity contribution in [3.8, 4) is 0 Å². The topological polar surface area (TPSA) is 210 Å². The zero-order chi connectivity index (χ0) is 50.3. The Morgan fingerprint density at radius 2 is 1.43 bits per heavy atom. The van der Waals surface area contributed by atoms with Crippen LogP contribution in [-0.2, 0) is 47.3 Å². The maximum absolute atomic E-state index is 16.3. The molecular formula is C53H65NO14Si. The third-order valence-corrected chi connectivity index (χ3v) is 20.4. The fourth-order valence-electron chi connectivity index (χ4n) is 11.6. The minimum absolute atomic E-state index is 0.0777. The van der Waals surface area contributed by atoms with E-state index in [2.05, 4.69) is 5.32 Å². The van der Waals surface area contributed by atoms with E-state index in [1.54, 1.807) is 107 Å². The fraction of sp³-hybridized carbons (Fsp3) is 0.509. The fourth-order valence-corrected chi connectivity index (χ4v) is 14.6. The summed E-state index contributed by atoms with van der Waals surface area (Å²) in [5, 5.41) is 28.8. The van der Waals surface area contributed by atoms with Gasteiger partial charge in [-0.05, 0) is 73.0 Å². The quantitative estimate of drug-likeness (QED) is 0.0622. The lowest BCUT2D eigenvalue weighted by atomic mass is 9.44. The van der Waals surface area contributed by atoms with Gasteiger partial charge in [0.1, 0.15) is 23.9 Å². The Labute approximate surface area is 404 Å². The van der Waals surface area contributed by atoms with Crippen LogP contribution in [0.15, 0.2) is 102 Å². The number of carbonyl (C=O) groups is 6. The first-order chi connectivity index (χ1) is 32.6. The van der Waals surface area contributed by atoms with Crippen LogP contribution in [0.4, 0.5) is 0 Å². The van der Waals surface area contributed by atoms with Crippen LogP contribution in [0, 0.1) is 16.7 Å². The summed E-state index contributed by atoms with van der Waals surface area (Å²) >= 11 is 0. The van der Waals surface area contributed by atoms with Crippen molar-refractivity contribution in [3.63, 3.8) is 0 Å². The molecule has 1 heterocycles. The number of ether oxygens (including phenoxy) is 5. The number of aliphatic hydroxyl groups is 2. The largest absolute Gasteiger partial charge is 0.456 e. The number of amides is 1. The average Bonchev–Trinajstić information content (AvgIpc) is 3.33. The molecule has 1 amide bonds. The number of rotatable bonds is 15. The summed E-state index contributed by atoms with van der Waals surface area (Å²) in [6, 6.07) is 25.5. The van der Waals surface area contributed by atoms with E-state index in [0.717, 1.165) is 6.92 Å². The molecule has 1 aliphatic heterocycles. The van der Waals surface area contributed by atoms with Crippen LogP contribution in [0.3, 0.4) is 0 Å². The van der Waals surface area contributed by atoms with E-state index in [-0.39, 0.29) is 35.3 Å². The van der Waals surface area contributed by atoms with Crippen molar-refractivity contribution in [1.82, 2.24) is 5.32 Å². The van der Waals surface area contributed by atoms with E-state index in [9.17, 15) is 34.2 Å². The van der Waals surface area contributed by atoms with Crippen molar-refractivity contribution in [2.45, 2.75) is 147 Å². The van der Waals surface area contributed by atoms with Gasteiger partial charge in [0.2, 0.25) is 0 Å². The minimum atomic E-state index is -2.64. The van der Waals surface area contributed by atoms with Gasteiger partial charge in [-0.15, -0.1) is 0 Å². The molecule has 3 aliphatic carbocycles. The van der Waals surface area contributed by atoms with Gasteiger partial charge in [0, 0.05) is 37.7 Å². The first-order valence-corrected chi connectivity index (χ1v) is 26.4. The van der Waals surface area contributed by atoms with Gasteiger partial charge in [0.05, 0.1) is 35.6 Å². The number of benzene rings is 3. The van der Waals surface area contributed by atoms with Crippen molar-refractivity contribution < 1.29 is 67.1 Å². The van der Waals surface area contributed by atoms with Gasteiger partial charge in [0.25, 0.3) is 5.91 Å². The summed E-state index contributed by atoms with van der Waals surface area (Å²) in [7, 11) is -2.64. The number of hydrogen-bond acceptors (Lipinski definition) is 14. The normalized spacial score (nSPS) is 30.1. The first-order valence-electron chi connectivity index (χ1n) is 23.8. The second kappa shape index (κ2) is 19.7. The van der Waals surface area contributed by atoms with Crippen LogP contribution in [-0.4, -0.2) is 109 Å². The van der Waals surface area contributed by atoms with Crippen molar-refractivity contribution in [2.75, 3.05) is 6.61 Å². The molecule has 3 fully saturated rings. The lowest BCUT2D eigenvalue weighted by molar-refractivity contribution is -0.344. The lowest BCUT2D eigenvalue weighted by Crippen LogP contribution is -2.82. The van der Waals surface area contributed by atoms with E-state index >= 15 is 4.79 Å². The molecule has 3 aromatic rings. The standard InChI is InChI=1S/C53H65NO14Si/c1-10-69(11-2,12-3)68-38-28-39-52(30-63-39,67-33(6)56)44-46(66-48(60)36-26-20-15-21-27-36)53(62)29-37(31(4)40(50(53,7)8)43(64-32(5)55)45(58)51(38,44)9)65-49(61)42(57)41(34-22-16-13-17-23-34)54-47(59)35-24-18-14-19-25-35/h13-27,37-39,41-44,46,57,62H,10-12,28-30H2,1-9H3,(H,54,59)/t37-,38-,39+,41-,42+,43+,44-,46-,51+,52-,53+/m0/s1/i47+2. The predicted molar refractivity (Wildman–Crippen MR) is 254 cm³/mol. The predicted octanol–water partition coefficient (Wildman–Crippen LogP) is 6.77. The molecule has 2 saturated carbocycles. The van der Waals surface area contributed by atoms with Gasteiger partial charge in [-0.2, -0.15) is 0 Å². The van der Waals surface area contributed by atoms with Crippen LogP contribution in [0.5, 0.6) is 0 Å². The molecule has 0 radical (unpaired) electrons. The highest BCUT2D eigenvalue weighted by molar-refractivity contribution is 6.73. The van der Waals surface area contributed by atoms with Crippen molar-refractivity contribution in [2.24, 2.45) is 16.7 Å². The molecule has 2 bridgehead atoms. The third-order valence-electron chi connectivity index (χ3n) is 15.8. The number of fused-ring (bicyclic) bond motifs is 5. The molecule has 3 N–H and O–H groups in total. The molecule has 15 nitrogen and oxygen atoms in total. The molecule has 0 aromatic heterocycles. The smallest absolute Gasteiger partial charge is 0.338 e. The van der Waals surface area contributed by atoms with Crippen molar-refractivity contribution in [1.29, 1.82) is 0 Å². The van der Waals surface area contributed by atoms with E-state index in [4.69, 9.17) is 28.1 Å². The second-order valence-corrected chi connectivity index (χ2v) is 24.4. The molecule has 0 unspecified atom stereocenters. The highest BCUT2D eigenvalue weighted by atomic mass is 28.4. The molecule has 3 aromatic carbocycles. The van der Waals surface area contributed by atoms with Gasteiger partial charge < -0.3 is 43.6 Å². The zero-order valence-corrected chi connectivity index (χ0v) is 41.8. The van der Waals surface area contributed by atoms with Gasteiger partial charge in [0.15, 0.2) is 31.9 Å². The van der Waals surface area contributed by atoms with Crippen LogP contribution < -0.4 is 5.32 Å². The Bertz CT molecular complexity index is 2450. The van der Waals surface area contributed by atoms with E-state index < -0.39 is 121 Å². The Morgan fingerprint density at radius 3 is 1.97 bits per heavy atom. The van der Waals surface area contributed by atoms with E-state index in [1.165, 1.54) is 19.1 Å². The zero-order valence-electron chi connectivity index (χ0n) is 40.8. The van der Waals surface area contributed by atoms with Gasteiger partial charge >= 0.3 is 23.9 Å². The summed E-state index contributed by atoms with van der Waals surface area (Å²) in [4.78, 5) is 85.9. The van der Waals surface area contributed by atoms with Crippen molar-refractivity contribution in [3.05, 3.63) is 119 Å². The Hall–Kier alpha value is -5.52. The monoisotopic (exact) mass is 969 g/mol. The Kier molecular flexibility index (Phi) is 14.7. The maximum Gasteiger partial charge on any atom is 0.338 e. The van der Waals surface area contributed by atoms with Gasteiger partial charge in [-0.1, -0.05) is 101 Å². The highest BCUT2D eigenvalue weighted by Crippen LogP contribution is 2.65. The highest BCUT2D eigenvalue weighted by Gasteiger charge is 2.79. The summed E-state index contributed by atoms with van der Waals surface area (Å²) in [5.74, 6) is -6.29. The van der Waals surface area contributed by atoms with Crippen LogP contribution in [0.2, 0.25) is 18.1 Å². The van der Waals surface area contributed by atoms with E-state index in [0.29, 0.717) is 23.7 Å². The molecule has 1 saturated heterocycles. The van der Waals surface area contributed by atoms with Gasteiger partial charge in [-0.25, -0.2) is 9.59 Å². The Balaban J connectivity index is 1.44. The number of nitrogens with one attached hydrogen (secondary N) is 1. The number of carbonyl (C=O) groups excluding carboxylic acids is 6. The summed E-state index contributed by atoms with van der Waals surface area (Å²) in [6.45, 7) is 14.8. The number of hydrogen-bond donors (Lipinski definition) is 3. The molecule has 11 atom stereocenters. The second-order valence-electron chi connectivity index (χ2n) is 19.7. The Morgan fingerprint density at radius 1 is 0.855 bits per heavy atom. The molecule has 370 valence electrons. The molecule has 7 rings (SSSR count). The van der Waals surface area contributed by atoms with E-state index in [1.807, 2.05) is 20.8 Å². The number of Topliss-reactive ketones (excluding diaryl/α,β-unsaturated/α-hetero) is 1. The van der Waals surface area contributed by atoms with Gasteiger partial charge in [-0.3, -0.25) is 19.2 Å². The first kappa shape index (κ1) is 51.3. The van der Waals surface area contributed by atoms with Crippen LogP contribution in [0.25, 0.3) is 0 Å². The minimum Gasteiger partial charge on any atom is -0.456 e. The summed E-state index contributed by atoms with van der Waals surface area (Å²) in [6.07, 6.45) is -9.27. The molecule has 69 heavy (non-hydrogen) atoms. The number of esters is 4. The lowest BCUT2D eigenvalue weighted by Gasteiger charge is -2.68. The molecule has 0 spiro atoms. The van der Waals surface area contributed by atoms with Crippen molar-refractivity contribution >= 4 is 43.9 Å². The number of aliphatic hydroxyl groups excluding tert-OH is 1. The third kappa shape index (κ3) is 8.98.